The van der Waals surface area contributed by atoms with Gasteiger partial charge in [0, 0.05) is 6.92 Å². The Hall–Kier alpha value is -4.73. The highest BCUT2D eigenvalue weighted by molar-refractivity contribution is 9.11. The molecule has 8 atom stereocenters. The standard InChI is InChI=1S/C23H23FO6S.C21H20BrFO4S/c1-13-4-8-16(9-5-13)21(26)28-12-18-20(19(24)23(31-18)29-15(3)25)30-22(27)17-10-6-14(2)7-11-17;1-12-3-7-14(8-4-12)20(24)26-11-16-18(17(23)19(22)28-16)27-21(25)15-9-5-13(2)6-10-15/h4-11,18-20,23H,12H2,1-3H3;3-10,16-19H,11H2,1-2H3/t18-,19+,20-,23-;16-,17+,18-,19+/m11/s1. The number of carbonyl (C=O) groups is 5. The van der Waals surface area contributed by atoms with Crippen LogP contribution in [0.3, 0.4) is 0 Å². The number of carbonyl (C=O) groups excluding carboxylic acids is 5. The molecule has 6 rings (SSSR count). The molecule has 2 heterocycles. The maximum Gasteiger partial charge on any atom is 0.338 e. The zero-order chi connectivity index (χ0) is 42.8. The molecule has 10 nitrogen and oxygen atoms in total. The van der Waals surface area contributed by atoms with E-state index < -0.39 is 74.5 Å². The van der Waals surface area contributed by atoms with Crippen molar-refractivity contribution in [1.82, 2.24) is 0 Å². The SMILES string of the molecule is CC(=O)O[C@@H]1S[C@H](COC(=O)c2ccc(C)cc2)[C@@H](OC(=O)c2ccc(C)cc2)[C@@H]1F.Cc1ccc(C(=O)OC[C@H]2S[C@H](Br)[C@@H](F)[C@@H]2OC(=O)c2ccc(C)cc2)cc1. The third-order valence-corrected chi connectivity index (χ3v) is 13.0. The molecule has 4 aromatic rings. The average molecular weight is 914 g/mol. The molecule has 4 aromatic carbocycles. The molecular weight excluding hydrogens is 871 g/mol. The van der Waals surface area contributed by atoms with Crippen LogP contribution in [0.25, 0.3) is 0 Å². The summed E-state index contributed by atoms with van der Waals surface area (Å²) in [6, 6.07) is 27.4. The molecule has 2 saturated heterocycles. The highest BCUT2D eigenvalue weighted by Gasteiger charge is 2.50. The van der Waals surface area contributed by atoms with E-state index in [1.807, 2.05) is 39.8 Å². The van der Waals surface area contributed by atoms with Crippen LogP contribution < -0.4 is 0 Å². The number of hydrogen-bond donors (Lipinski definition) is 0. The second kappa shape index (κ2) is 21.0. The maximum absolute atomic E-state index is 15.0. The van der Waals surface area contributed by atoms with E-state index in [9.17, 15) is 32.8 Å². The molecule has 0 aliphatic carbocycles. The summed E-state index contributed by atoms with van der Waals surface area (Å²) < 4.78 is 55.5. The molecule has 2 aliphatic rings. The zero-order valence-corrected chi connectivity index (χ0v) is 36.0. The molecule has 0 unspecified atom stereocenters. The molecule has 312 valence electrons. The van der Waals surface area contributed by atoms with Gasteiger partial charge in [-0.05, 0) is 76.2 Å². The van der Waals surface area contributed by atoms with Crippen LogP contribution in [0.15, 0.2) is 97.1 Å². The lowest BCUT2D eigenvalue weighted by atomic mass is 10.1. The van der Waals surface area contributed by atoms with Gasteiger partial charge >= 0.3 is 29.8 Å². The van der Waals surface area contributed by atoms with Crippen LogP contribution in [-0.4, -0.2) is 87.7 Å². The third-order valence-electron chi connectivity index (χ3n) is 9.16. The van der Waals surface area contributed by atoms with Gasteiger partial charge in [-0.1, -0.05) is 86.7 Å². The second-order valence-electron chi connectivity index (χ2n) is 14.0. The third kappa shape index (κ3) is 12.6. The van der Waals surface area contributed by atoms with Gasteiger partial charge in [0.25, 0.3) is 0 Å². The largest absolute Gasteiger partial charge is 0.461 e. The molecule has 0 radical (unpaired) electrons. The van der Waals surface area contributed by atoms with Gasteiger partial charge < -0.3 is 23.7 Å². The first kappa shape index (κ1) is 45.4. The van der Waals surface area contributed by atoms with E-state index in [1.54, 1.807) is 84.9 Å². The van der Waals surface area contributed by atoms with E-state index in [2.05, 4.69) is 15.9 Å². The molecule has 0 amide bonds. The first-order chi connectivity index (χ1) is 28.1. The van der Waals surface area contributed by atoms with E-state index >= 15 is 0 Å². The fourth-order valence-electron chi connectivity index (χ4n) is 5.79. The molecular formula is C44H43BrF2O10S2. The van der Waals surface area contributed by atoms with Crippen LogP contribution in [0.4, 0.5) is 8.78 Å². The zero-order valence-electron chi connectivity index (χ0n) is 32.8. The number of alkyl halides is 3. The summed E-state index contributed by atoms with van der Waals surface area (Å²) in [5.41, 5.74) is 4.26. The van der Waals surface area contributed by atoms with Gasteiger partial charge in [0.05, 0.1) is 36.9 Å². The Kier molecular flexibility index (Phi) is 16.1. The first-order valence-corrected chi connectivity index (χ1v) is 21.3. The van der Waals surface area contributed by atoms with Crippen LogP contribution in [0.1, 0.15) is 70.6 Å². The molecule has 0 spiro atoms. The molecule has 2 aliphatic heterocycles. The number of aryl methyl sites for hydroxylation is 4. The van der Waals surface area contributed by atoms with Crippen molar-refractivity contribution in [2.24, 2.45) is 0 Å². The number of rotatable bonds is 11. The normalized spacial score (nSPS) is 23.3. The van der Waals surface area contributed by atoms with Crippen LogP contribution in [0.2, 0.25) is 0 Å². The Morgan fingerprint density at radius 1 is 0.508 bits per heavy atom. The lowest BCUT2D eigenvalue weighted by molar-refractivity contribution is -0.145. The summed E-state index contributed by atoms with van der Waals surface area (Å²) in [4.78, 5) is 60.7. The molecule has 2 fully saturated rings. The molecule has 15 heteroatoms. The molecule has 0 N–H and O–H groups in total. The minimum absolute atomic E-state index is 0.0499. The minimum Gasteiger partial charge on any atom is -0.461 e. The van der Waals surface area contributed by atoms with E-state index in [0.29, 0.717) is 16.7 Å². The summed E-state index contributed by atoms with van der Waals surface area (Å²) in [6.07, 6.45) is -5.41. The predicted octanol–water partition coefficient (Wildman–Crippen LogP) is 8.89. The Morgan fingerprint density at radius 3 is 1.19 bits per heavy atom. The summed E-state index contributed by atoms with van der Waals surface area (Å²) in [7, 11) is 0. The summed E-state index contributed by atoms with van der Waals surface area (Å²) in [6.45, 7) is 8.53. The summed E-state index contributed by atoms with van der Waals surface area (Å²) in [5, 5.41) is -1.23. The van der Waals surface area contributed by atoms with Gasteiger partial charge in [0.2, 0.25) is 0 Å². The lowest BCUT2D eigenvalue weighted by Crippen LogP contribution is -2.37. The van der Waals surface area contributed by atoms with Crippen molar-refractivity contribution in [1.29, 1.82) is 0 Å². The van der Waals surface area contributed by atoms with Gasteiger partial charge in [-0.3, -0.25) is 4.79 Å². The molecule has 0 aromatic heterocycles. The fraction of sp³-hybridized carbons (Fsp3) is 0.341. The van der Waals surface area contributed by atoms with Crippen LogP contribution in [0.5, 0.6) is 0 Å². The van der Waals surface area contributed by atoms with Crippen molar-refractivity contribution in [3.8, 4) is 0 Å². The second-order valence-corrected chi connectivity index (χ2v) is 18.3. The number of hydrogen-bond acceptors (Lipinski definition) is 12. The van der Waals surface area contributed by atoms with Crippen molar-refractivity contribution < 1.29 is 56.4 Å². The van der Waals surface area contributed by atoms with Crippen LogP contribution in [0, 0.1) is 27.7 Å². The lowest BCUT2D eigenvalue weighted by Gasteiger charge is -2.20. The minimum atomic E-state index is -1.76. The van der Waals surface area contributed by atoms with Crippen LogP contribution in [-0.2, 0) is 28.5 Å². The topological polar surface area (TPSA) is 132 Å². The van der Waals surface area contributed by atoms with Gasteiger partial charge in [-0.2, -0.15) is 0 Å². The maximum atomic E-state index is 15.0. The van der Waals surface area contributed by atoms with Crippen molar-refractivity contribution in [2.45, 2.75) is 79.3 Å². The number of ether oxygens (including phenoxy) is 5. The van der Waals surface area contributed by atoms with Gasteiger partial charge in [0.1, 0.15) is 13.2 Å². The summed E-state index contributed by atoms with van der Waals surface area (Å²) >= 11 is 5.47. The van der Waals surface area contributed by atoms with E-state index in [0.717, 1.165) is 34.0 Å². The van der Waals surface area contributed by atoms with E-state index in [1.165, 1.54) is 18.7 Å². The Balaban J connectivity index is 0.000000225. The van der Waals surface area contributed by atoms with Crippen molar-refractivity contribution in [3.05, 3.63) is 142 Å². The number of thioether (sulfide) groups is 2. The van der Waals surface area contributed by atoms with Gasteiger partial charge in [-0.15, -0.1) is 23.5 Å². The van der Waals surface area contributed by atoms with E-state index in [-0.39, 0.29) is 18.8 Å². The predicted molar refractivity (Wildman–Crippen MR) is 225 cm³/mol. The fourth-order valence-corrected chi connectivity index (χ4v) is 9.42. The van der Waals surface area contributed by atoms with Gasteiger partial charge in [0.15, 0.2) is 30.0 Å². The Morgan fingerprint density at radius 2 is 0.831 bits per heavy atom. The Labute approximate surface area is 358 Å². The molecule has 59 heavy (non-hydrogen) atoms. The number of halogens is 3. The highest BCUT2D eigenvalue weighted by atomic mass is 79.9. The first-order valence-electron chi connectivity index (χ1n) is 18.5. The van der Waals surface area contributed by atoms with Crippen molar-refractivity contribution in [2.75, 3.05) is 13.2 Å². The average Bonchev–Trinajstić information content (AvgIpc) is 3.65. The number of esters is 5. The molecule has 0 bridgehead atoms. The highest BCUT2D eigenvalue weighted by Crippen LogP contribution is 2.42. The van der Waals surface area contributed by atoms with E-state index in [4.69, 9.17) is 23.7 Å². The summed E-state index contributed by atoms with van der Waals surface area (Å²) in [5.74, 6) is -3.01. The molecule has 0 saturated carbocycles. The van der Waals surface area contributed by atoms with Crippen LogP contribution >= 0.6 is 39.5 Å². The van der Waals surface area contributed by atoms with Crippen molar-refractivity contribution in [3.63, 3.8) is 0 Å². The quantitative estimate of drug-likeness (QED) is 0.0809. The Bertz CT molecular complexity index is 2080. The smallest absolute Gasteiger partial charge is 0.338 e. The number of benzene rings is 4. The van der Waals surface area contributed by atoms with Crippen molar-refractivity contribution >= 4 is 69.3 Å². The van der Waals surface area contributed by atoms with Gasteiger partial charge in [-0.25, -0.2) is 28.0 Å². The monoisotopic (exact) mass is 912 g/mol.